The number of aryl methyl sites for hydroxylation is 1. The number of thiazole rings is 1. The van der Waals surface area contributed by atoms with Gasteiger partial charge in [-0.05, 0) is 51.4 Å². The predicted octanol–water partition coefficient (Wildman–Crippen LogP) is 4.39. The first-order valence-electron chi connectivity index (χ1n) is 7.92. The van der Waals surface area contributed by atoms with Crippen LogP contribution in [0.1, 0.15) is 69.0 Å². The van der Waals surface area contributed by atoms with Crippen molar-refractivity contribution in [1.29, 1.82) is 0 Å². The van der Waals surface area contributed by atoms with Gasteiger partial charge < -0.3 is 5.32 Å². The topological polar surface area (TPSA) is 24.9 Å². The third-order valence-electron chi connectivity index (χ3n) is 4.74. The molecule has 0 bridgehead atoms. The molecule has 0 amide bonds. The maximum atomic E-state index is 4.81. The van der Waals surface area contributed by atoms with E-state index in [1.165, 1.54) is 62.1 Å². The van der Waals surface area contributed by atoms with E-state index in [2.05, 4.69) is 24.5 Å². The molecule has 0 aliphatic heterocycles. The largest absolute Gasteiger partial charge is 0.303 e. The summed E-state index contributed by atoms with van der Waals surface area (Å²) < 4.78 is 0. The van der Waals surface area contributed by atoms with Gasteiger partial charge in [-0.25, -0.2) is 4.98 Å². The maximum Gasteiger partial charge on any atom is 0.113 e. The number of aromatic nitrogens is 1. The molecule has 106 valence electrons. The Balaban J connectivity index is 1.74. The lowest BCUT2D eigenvalue weighted by Gasteiger charge is -2.40. The lowest BCUT2D eigenvalue weighted by Crippen LogP contribution is -2.46. The van der Waals surface area contributed by atoms with Crippen LogP contribution in [-0.2, 0) is 5.54 Å². The van der Waals surface area contributed by atoms with Gasteiger partial charge in [0.1, 0.15) is 5.01 Å². The highest BCUT2D eigenvalue weighted by atomic mass is 32.1. The molecule has 2 saturated carbocycles. The van der Waals surface area contributed by atoms with Gasteiger partial charge >= 0.3 is 0 Å². The van der Waals surface area contributed by atoms with Crippen molar-refractivity contribution >= 4 is 11.3 Å². The highest BCUT2D eigenvalue weighted by Gasteiger charge is 2.42. The monoisotopic (exact) mass is 278 g/mol. The second kappa shape index (κ2) is 5.53. The van der Waals surface area contributed by atoms with Crippen molar-refractivity contribution in [2.24, 2.45) is 5.92 Å². The Morgan fingerprint density at radius 3 is 2.58 bits per heavy atom. The van der Waals surface area contributed by atoms with E-state index in [4.69, 9.17) is 4.98 Å². The predicted molar refractivity (Wildman–Crippen MR) is 81.6 cm³/mol. The van der Waals surface area contributed by atoms with Crippen LogP contribution in [-0.4, -0.2) is 11.0 Å². The molecule has 3 heteroatoms. The summed E-state index contributed by atoms with van der Waals surface area (Å²) in [6.45, 7) is 4.43. The van der Waals surface area contributed by atoms with Gasteiger partial charge in [-0.3, -0.25) is 0 Å². The maximum absolute atomic E-state index is 4.81. The Labute approximate surface area is 121 Å². The van der Waals surface area contributed by atoms with Gasteiger partial charge in [0.15, 0.2) is 0 Å². The van der Waals surface area contributed by atoms with Crippen LogP contribution in [0, 0.1) is 12.8 Å². The molecule has 0 unspecified atom stereocenters. The smallest absolute Gasteiger partial charge is 0.113 e. The Hall–Kier alpha value is -0.410. The highest BCUT2D eigenvalue weighted by molar-refractivity contribution is 7.09. The van der Waals surface area contributed by atoms with Gasteiger partial charge in [-0.2, -0.15) is 0 Å². The lowest BCUT2D eigenvalue weighted by molar-refractivity contribution is 0.179. The van der Waals surface area contributed by atoms with E-state index in [0.717, 1.165) is 12.0 Å². The van der Waals surface area contributed by atoms with Crippen LogP contribution in [0.5, 0.6) is 0 Å². The van der Waals surface area contributed by atoms with Gasteiger partial charge in [-0.1, -0.05) is 19.8 Å². The molecule has 0 saturated heterocycles. The minimum atomic E-state index is 0.213. The summed E-state index contributed by atoms with van der Waals surface area (Å²) in [4.78, 5) is 4.81. The molecule has 0 aromatic carbocycles. The summed E-state index contributed by atoms with van der Waals surface area (Å²) in [7, 11) is 0. The molecule has 2 nitrogen and oxygen atoms in total. The van der Waals surface area contributed by atoms with Gasteiger partial charge in [-0.15, -0.1) is 11.3 Å². The molecule has 0 atom stereocenters. The second-order valence-corrected chi connectivity index (χ2v) is 7.38. The molecule has 1 aromatic heterocycles. The van der Waals surface area contributed by atoms with Crippen LogP contribution in [0.25, 0.3) is 0 Å². The average Bonchev–Trinajstić information content (AvgIpc) is 3.11. The van der Waals surface area contributed by atoms with Gasteiger partial charge in [0.25, 0.3) is 0 Å². The summed E-state index contributed by atoms with van der Waals surface area (Å²) in [5.74, 6) is 0.959. The van der Waals surface area contributed by atoms with Crippen LogP contribution in [0.15, 0.2) is 5.38 Å². The first kappa shape index (κ1) is 13.6. The fourth-order valence-electron chi connectivity index (χ4n) is 3.48. The van der Waals surface area contributed by atoms with E-state index in [9.17, 15) is 0 Å². The standard InChI is InChI=1S/C16H26N2S/c1-3-4-13-7-9-16(10-8-13,18-14-5-6-14)15-17-12(2)11-19-15/h11,13-14,18H,3-10H2,1-2H3. The fourth-order valence-corrected chi connectivity index (χ4v) is 4.50. The van der Waals surface area contributed by atoms with E-state index in [1.54, 1.807) is 0 Å². The van der Waals surface area contributed by atoms with Crippen LogP contribution >= 0.6 is 11.3 Å². The first-order valence-corrected chi connectivity index (χ1v) is 8.80. The van der Waals surface area contributed by atoms with Crippen molar-refractivity contribution in [3.63, 3.8) is 0 Å². The molecule has 1 N–H and O–H groups in total. The van der Waals surface area contributed by atoms with Crippen LogP contribution in [0.4, 0.5) is 0 Å². The Bertz CT molecular complexity index is 414. The van der Waals surface area contributed by atoms with Crippen LogP contribution < -0.4 is 5.32 Å². The van der Waals surface area contributed by atoms with Crippen molar-refractivity contribution in [3.05, 3.63) is 16.1 Å². The Morgan fingerprint density at radius 1 is 1.32 bits per heavy atom. The summed E-state index contributed by atoms with van der Waals surface area (Å²) in [5.41, 5.74) is 1.40. The minimum Gasteiger partial charge on any atom is -0.303 e. The molecule has 2 aliphatic rings. The number of rotatable bonds is 5. The molecule has 0 radical (unpaired) electrons. The van der Waals surface area contributed by atoms with Gasteiger partial charge in [0.05, 0.1) is 5.54 Å². The summed E-state index contributed by atoms with van der Waals surface area (Å²) in [6.07, 6.45) is 10.8. The van der Waals surface area contributed by atoms with Crippen molar-refractivity contribution in [2.45, 2.75) is 76.8 Å². The number of hydrogen-bond donors (Lipinski definition) is 1. The molecule has 19 heavy (non-hydrogen) atoms. The van der Waals surface area contributed by atoms with E-state index in [1.807, 2.05) is 11.3 Å². The Morgan fingerprint density at radius 2 is 2.05 bits per heavy atom. The van der Waals surface area contributed by atoms with E-state index in [-0.39, 0.29) is 5.54 Å². The molecule has 1 heterocycles. The zero-order valence-corrected chi connectivity index (χ0v) is 13.1. The summed E-state index contributed by atoms with van der Waals surface area (Å²) in [6, 6.07) is 0.770. The second-order valence-electron chi connectivity index (χ2n) is 6.53. The zero-order valence-electron chi connectivity index (χ0n) is 12.2. The van der Waals surface area contributed by atoms with Crippen LogP contribution in [0.2, 0.25) is 0 Å². The highest BCUT2D eigenvalue weighted by Crippen LogP contribution is 2.43. The summed E-state index contributed by atoms with van der Waals surface area (Å²) in [5, 5.41) is 7.51. The number of nitrogens with zero attached hydrogens (tertiary/aromatic N) is 1. The number of hydrogen-bond acceptors (Lipinski definition) is 3. The fraction of sp³-hybridized carbons (Fsp3) is 0.812. The zero-order chi connectivity index (χ0) is 13.3. The number of nitrogens with one attached hydrogen (secondary N) is 1. The molecule has 0 spiro atoms. The van der Waals surface area contributed by atoms with Crippen LogP contribution in [0.3, 0.4) is 0 Å². The molecular formula is C16H26N2S. The van der Waals surface area contributed by atoms with Crippen molar-refractivity contribution in [1.82, 2.24) is 10.3 Å². The van der Waals surface area contributed by atoms with Crippen molar-refractivity contribution in [3.8, 4) is 0 Å². The molecule has 1 aromatic rings. The molecule has 2 aliphatic carbocycles. The molecular weight excluding hydrogens is 252 g/mol. The first-order chi connectivity index (χ1) is 9.22. The van der Waals surface area contributed by atoms with E-state index >= 15 is 0 Å². The third kappa shape index (κ3) is 3.03. The molecule has 2 fully saturated rings. The quantitative estimate of drug-likeness (QED) is 0.864. The summed E-state index contributed by atoms with van der Waals surface area (Å²) >= 11 is 1.87. The van der Waals surface area contributed by atoms with E-state index < -0.39 is 0 Å². The Kier molecular flexibility index (Phi) is 3.95. The third-order valence-corrected chi connectivity index (χ3v) is 5.91. The SMILES string of the molecule is CCCC1CCC(NC2CC2)(c2nc(C)cs2)CC1. The lowest BCUT2D eigenvalue weighted by atomic mass is 9.75. The minimum absolute atomic E-state index is 0.213. The normalized spacial score (nSPS) is 31.6. The van der Waals surface area contributed by atoms with Gasteiger partial charge in [0, 0.05) is 17.1 Å². The van der Waals surface area contributed by atoms with Crippen molar-refractivity contribution in [2.75, 3.05) is 0 Å². The molecule has 3 rings (SSSR count). The van der Waals surface area contributed by atoms with Gasteiger partial charge in [0.2, 0.25) is 0 Å². The van der Waals surface area contributed by atoms with Crippen molar-refractivity contribution < 1.29 is 0 Å². The average molecular weight is 278 g/mol. The van der Waals surface area contributed by atoms with E-state index in [0.29, 0.717) is 0 Å².